The highest BCUT2D eigenvalue weighted by atomic mass is 15.2. The molecule has 6 nitrogen and oxygen atoms in total. The first-order valence-electron chi connectivity index (χ1n) is 4.97. The van der Waals surface area contributed by atoms with Gasteiger partial charge in [-0.3, -0.25) is 0 Å². The number of nitrogens with zero attached hydrogens (tertiary/aromatic N) is 4. The summed E-state index contributed by atoms with van der Waals surface area (Å²) in [6, 6.07) is 11.4. The summed E-state index contributed by atoms with van der Waals surface area (Å²) in [5.41, 5.74) is 6.38. The Morgan fingerprint density at radius 3 is 2.65 bits per heavy atom. The Balaban J connectivity index is 2.24. The molecule has 0 atom stereocenters. The Morgan fingerprint density at radius 1 is 1.18 bits per heavy atom. The molecule has 2 rings (SSSR count). The lowest BCUT2D eigenvalue weighted by molar-refractivity contribution is 0.955. The van der Waals surface area contributed by atoms with Gasteiger partial charge in [-0.1, -0.05) is 18.2 Å². The first-order valence-corrected chi connectivity index (χ1v) is 4.97. The van der Waals surface area contributed by atoms with Crippen molar-refractivity contribution in [3.05, 3.63) is 36.2 Å². The van der Waals surface area contributed by atoms with E-state index in [1.54, 1.807) is 0 Å². The van der Waals surface area contributed by atoms with E-state index in [1.807, 2.05) is 36.4 Å². The van der Waals surface area contributed by atoms with Gasteiger partial charge < -0.3 is 11.1 Å². The Labute approximate surface area is 98.2 Å². The number of nitrogens with two attached hydrogens (primary N) is 1. The van der Waals surface area contributed by atoms with Gasteiger partial charge in [0.05, 0.1) is 12.5 Å². The number of para-hydroxylation sites is 1. The monoisotopic (exact) mass is 226 g/mol. The predicted octanol–water partition coefficient (Wildman–Crippen LogP) is 1.26. The van der Waals surface area contributed by atoms with E-state index in [0.717, 1.165) is 5.69 Å². The third kappa shape index (κ3) is 2.89. The molecule has 0 aliphatic rings. The van der Waals surface area contributed by atoms with Crippen molar-refractivity contribution < 1.29 is 0 Å². The van der Waals surface area contributed by atoms with E-state index in [-0.39, 0.29) is 12.4 Å². The van der Waals surface area contributed by atoms with Gasteiger partial charge in [0.25, 0.3) is 0 Å². The lowest BCUT2D eigenvalue weighted by Gasteiger charge is -2.05. The maximum absolute atomic E-state index is 8.58. The molecule has 0 radical (unpaired) electrons. The largest absolute Gasteiger partial charge is 0.368 e. The number of hydrogen-bond donors (Lipinski definition) is 2. The second-order valence-corrected chi connectivity index (χ2v) is 3.26. The quantitative estimate of drug-likeness (QED) is 0.817. The number of nitrogens with one attached hydrogen (secondary N) is 1. The standard InChI is InChI=1S/C11H10N6/c12-7-6-9-15-10(13)17-11(16-9)14-8-4-2-1-3-5-8/h1-5H,6H2,(H3,13,14,15,16,17). The minimum atomic E-state index is 0.101. The maximum atomic E-state index is 8.58. The van der Waals surface area contributed by atoms with E-state index in [2.05, 4.69) is 20.3 Å². The Bertz CT molecular complexity index is 546. The number of hydrogen-bond acceptors (Lipinski definition) is 6. The lowest BCUT2D eigenvalue weighted by atomic mass is 10.3. The molecule has 0 spiro atoms. The summed E-state index contributed by atoms with van der Waals surface area (Å²) < 4.78 is 0. The molecule has 0 aliphatic carbocycles. The van der Waals surface area contributed by atoms with Gasteiger partial charge in [0.2, 0.25) is 11.9 Å². The van der Waals surface area contributed by atoms with E-state index in [0.29, 0.717) is 11.8 Å². The average Bonchev–Trinajstić information content (AvgIpc) is 2.30. The van der Waals surface area contributed by atoms with Crippen molar-refractivity contribution in [2.75, 3.05) is 11.1 Å². The summed E-state index contributed by atoms with van der Waals surface area (Å²) >= 11 is 0. The summed E-state index contributed by atoms with van der Waals surface area (Å²) in [5, 5.41) is 11.6. The highest BCUT2D eigenvalue weighted by Crippen LogP contribution is 2.12. The Morgan fingerprint density at radius 2 is 1.94 bits per heavy atom. The molecule has 1 heterocycles. The molecule has 1 aromatic carbocycles. The topological polar surface area (TPSA) is 101 Å². The SMILES string of the molecule is N#CCc1nc(N)nc(Nc2ccccc2)n1. The van der Waals surface area contributed by atoms with Crippen molar-refractivity contribution in [3.8, 4) is 6.07 Å². The van der Waals surface area contributed by atoms with Crippen molar-refractivity contribution in [1.29, 1.82) is 5.26 Å². The highest BCUT2D eigenvalue weighted by molar-refractivity contribution is 5.53. The van der Waals surface area contributed by atoms with E-state index in [9.17, 15) is 0 Å². The van der Waals surface area contributed by atoms with Gasteiger partial charge in [-0.15, -0.1) is 0 Å². The second kappa shape index (κ2) is 4.90. The van der Waals surface area contributed by atoms with Gasteiger partial charge in [-0.05, 0) is 12.1 Å². The highest BCUT2D eigenvalue weighted by Gasteiger charge is 2.04. The molecule has 0 amide bonds. The van der Waals surface area contributed by atoms with Crippen LogP contribution in [0.2, 0.25) is 0 Å². The Kier molecular flexibility index (Phi) is 3.12. The number of nitriles is 1. The lowest BCUT2D eigenvalue weighted by Crippen LogP contribution is -2.06. The van der Waals surface area contributed by atoms with Crippen LogP contribution in [0.1, 0.15) is 5.82 Å². The van der Waals surface area contributed by atoms with Gasteiger partial charge in [-0.25, -0.2) is 0 Å². The normalized spacial score (nSPS) is 9.59. The summed E-state index contributed by atoms with van der Waals surface area (Å²) in [4.78, 5) is 11.9. The van der Waals surface area contributed by atoms with Crippen molar-refractivity contribution in [3.63, 3.8) is 0 Å². The van der Waals surface area contributed by atoms with Crippen molar-refractivity contribution in [1.82, 2.24) is 15.0 Å². The average molecular weight is 226 g/mol. The number of aromatic nitrogens is 3. The zero-order chi connectivity index (χ0) is 12.1. The number of anilines is 3. The fourth-order valence-corrected chi connectivity index (χ4v) is 1.29. The predicted molar refractivity (Wildman–Crippen MR) is 63.3 cm³/mol. The van der Waals surface area contributed by atoms with Crippen molar-refractivity contribution >= 4 is 17.6 Å². The minimum Gasteiger partial charge on any atom is -0.368 e. The van der Waals surface area contributed by atoms with Gasteiger partial charge in [0.1, 0.15) is 5.82 Å². The van der Waals surface area contributed by atoms with Gasteiger partial charge in [0, 0.05) is 5.69 Å². The van der Waals surface area contributed by atoms with Crippen LogP contribution in [-0.4, -0.2) is 15.0 Å². The molecule has 0 bridgehead atoms. The molecule has 3 N–H and O–H groups in total. The molecule has 0 saturated carbocycles. The van der Waals surface area contributed by atoms with Crippen LogP contribution in [0.15, 0.2) is 30.3 Å². The molecular formula is C11H10N6. The smallest absolute Gasteiger partial charge is 0.232 e. The fraction of sp³-hybridized carbons (Fsp3) is 0.0909. The van der Waals surface area contributed by atoms with Gasteiger partial charge >= 0.3 is 0 Å². The molecule has 0 saturated heterocycles. The third-order valence-electron chi connectivity index (χ3n) is 1.97. The van der Waals surface area contributed by atoms with E-state index in [4.69, 9.17) is 11.0 Å². The third-order valence-corrected chi connectivity index (χ3v) is 1.97. The molecule has 2 aromatic rings. The van der Waals surface area contributed by atoms with Crippen LogP contribution in [0, 0.1) is 11.3 Å². The van der Waals surface area contributed by atoms with E-state index >= 15 is 0 Å². The van der Waals surface area contributed by atoms with Crippen molar-refractivity contribution in [2.45, 2.75) is 6.42 Å². The summed E-state index contributed by atoms with van der Waals surface area (Å²) in [7, 11) is 0. The van der Waals surface area contributed by atoms with E-state index in [1.165, 1.54) is 0 Å². The number of benzene rings is 1. The number of nitrogen functional groups attached to an aromatic ring is 1. The van der Waals surface area contributed by atoms with Crippen LogP contribution in [0.4, 0.5) is 17.6 Å². The molecule has 0 aliphatic heterocycles. The number of rotatable bonds is 3. The van der Waals surface area contributed by atoms with E-state index < -0.39 is 0 Å². The molecule has 6 heteroatoms. The summed E-state index contributed by atoms with van der Waals surface area (Å²) in [5.74, 6) is 0.802. The maximum Gasteiger partial charge on any atom is 0.232 e. The second-order valence-electron chi connectivity index (χ2n) is 3.26. The van der Waals surface area contributed by atoms with Crippen molar-refractivity contribution in [2.24, 2.45) is 0 Å². The fourth-order valence-electron chi connectivity index (χ4n) is 1.29. The zero-order valence-corrected chi connectivity index (χ0v) is 8.96. The van der Waals surface area contributed by atoms with Gasteiger partial charge in [-0.2, -0.15) is 20.2 Å². The molecule has 84 valence electrons. The van der Waals surface area contributed by atoms with Crippen LogP contribution >= 0.6 is 0 Å². The first kappa shape index (κ1) is 10.8. The first-order chi connectivity index (χ1) is 8.28. The van der Waals surface area contributed by atoms with Crippen LogP contribution in [-0.2, 0) is 6.42 Å². The van der Waals surface area contributed by atoms with Crippen LogP contribution < -0.4 is 11.1 Å². The molecule has 0 fully saturated rings. The molecule has 17 heavy (non-hydrogen) atoms. The summed E-state index contributed by atoms with van der Waals surface area (Å²) in [6.07, 6.45) is 0.107. The van der Waals surface area contributed by atoms with Crippen LogP contribution in [0.25, 0.3) is 0 Å². The minimum absolute atomic E-state index is 0.101. The molecule has 0 unspecified atom stereocenters. The summed E-state index contributed by atoms with van der Waals surface area (Å²) in [6.45, 7) is 0. The zero-order valence-electron chi connectivity index (χ0n) is 8.96. The Hall–Kier alpha value is -2.68. The van der Waals surface area contributed by atoms with Gasteiger partial charge in [0.15, 0.2) is 0 Å². The van der Waals surface area contributed by atoms with Crippen LogP contribution in [0.3, 0.4) is 0 Å². The molecule has 1 aromatic heterocycles. The molecular weight excluding hydrogens is 216 g/mol. The van der Waals surface area contributed by atoms with Crippen LogP contribution in [0.5, 0.6) is 0 Å².